The van der Waals surface area contributed by atoms with E-state index in [2.05, 4.69) is 10.6 Å². The van der Waals surface area contributed by atoms with Crippen molar-refractivity contribution in [3.8, 4) is 0 Å². The zero-order chi connectivity index (χ0) is 13.7. The van der Waals surface area contributed by atoms with Crippen LogP contribution in [0.3, 0.4) is 0 Å². The molecule has 0 radical (unpaired) electrons. The Bertz CT molecular complexity index is 464. The molecular weight excluding hydrogens is 242 g/mol. The Morgan fingerprint density at radius 2 is 2.32 bits per heavy atom. The molecule has 102 valence electrons. The van der Waals surface area contributed by atoms with E-state index in [1.165, 1.54) is 0 Å². The second kappa shape index (κ2) is 6.33. The molecule has 4 N–H and O–H groups in total. The van der Waals surface area contributed by atoms with Crippen molar-refractivity contribution in [3.05, 3.63) is 35.4 Å². The maximum absolute atomic E-state index is 12.1. The van der Waals surface area contributed by atoms with Gasteiger partial charge in [-0.05, 0) is 37.1 Å². The lowest BCUT2D eigenvalue weighted by Gasteiger charge is -2.23. The fraction of sp³-hybridized carbons (Fsp3) is 0.429. The number of nitrogens with two attached hydrogens (primary N) is 1. The molecule has 2 amide bonds. The lowest BCUT2D eigenvalue weighted by atomic mass is 10.0. The summed E-state index contributed by atoms with van der Waals surface area (Å²) in [4.78, 5) is 23.1. The van der Waals surface area contributed by atoms with E-state index in [0.717, 1.165) is 12.0 Å². The predicted octanol–water partition coefficient (Wildman–Crippen LogP) is 0.196. The van der Waals surface area contributed by atoms with Crippen molar-refractivity contribution < 1.29 is 9.59 Å². The van der Waals surface area contributed by atoms with Gasteiger partial charge < -0.3 is 16.4 Å². The maximum atomic E-state index is 12.1. The number of hydrogen-bond donors (Lipinski definition) is 3. The Morgan fingerprint density at radius 1 is 1.47 bits per heavy atom. The van der Waals surface area contributed by atoms with E-state index in [0.29, 0.717) is 31.5 Å². The van der Waals surface area contributed by atoms with E-state index in [9.17, 15) is 9.59 Å². The summed E-state index contributed by atoms with van der Waals surface area (Å²) in [5.74, 6) is -0.0459. The van der Waals surface area contributed by atoms with Gasteiger partial charge >= 0.3 is 0 Å². The summed E-state index contributed by atoms with van der Waals surface area (Å²) < 4.78 is 0. The fourth-order valence-electron chi connectivity index (χ4n) is 2.16. The molecular formula is C14H19N3O2. The summed E-state index contributed by atoms with van der Waals surface area (Å²) in [5, 5.41) is 5.69. The van der Waals surface area contributed by atoms with Gasteiger partial charge in [-0.1, -0.05) is 12.1 Å². The smallest absolute Gasteiger partial charge is 0.251 e. The maximum Gasteiger partial charge on any atom is 0.251 e. The Kier molecular flexibility index (Phi) is 4.52. The van der Waals surface area contributed by atoms with Crippen molar-refractivity contribution in [2.24, 2.45) is 5.73 Å². The van der Waals surface area contributed by atoms with Crippen molar-refractivity contribution >= 4 is 11.8 Å². The van der Waals surface area contributed by atoms with Gasteiger partial charge in [0.05, 0.1) is 0 Å². The quantitative estimate of drug-likeness (QED) is 0.723. The van der Waals surface area contributed by atoms with E-state index < -0.39 is 0 Å². The van der Waals surface area contributed by atoms with Crippen LogP contribution in [0.4, 0.5) is 0 Å². The van der Waals surface area contributed by atoms with Crippen LogP contribution in [0.5, 0.6) is 0 Å². The minimum atomic E-state index is -0.0972. The first kappa shape index (κ1) is 13.5. The highest BCUT2D eigenvalue weighted by Gasteiger charge is 2.20. The molecule has 1 saturated heterocycles. The molecule has 2 rings (SSSR count). The number of carbonyl (C=O) groups excluding carboxylic acids is 2. The Balaban J connectivity index is 1.95. The van der Waals surface area contributed by atoms with Crippen molar-refractivity contribution in [2.45, 2.75) is 25.3 Å². The van der Waals surface area contributed by atoms with E-state index in [4.69, 9.17) is 5.73 Å². The van der Waals surface area contributed by atoms with Gasteiger partial charge in [-0.15, -0.1) is 0 Å². The molecule has 1 heterocycles. The summed E-state index contributed by atoms with van der Waals surface area (Å²) in [6, 6.07) is 7.50. The highest BCUT2D eigenvalue weighted by atomic mass is 16.2. The highest BCUT2D eigenvalue weighted by molar-refractivity contribution is 5.94. The third-order valence-corrected chi connectivity index (χ3v) is 3.22. The van der Waals surface area contributed by atoms with Crippen LogP contribution in [0.1, 0.15) is 28.8 Å². The van der Waals surface area contributed by atoms with Gasteiger partial charge in [-0.25, -0.2) is 0 Å². The van der Waals surface area contributed by atoms with Crippen LogP contribution < -0.4 is 16.4 Å². The largest absolute Gasteiger partial charge is 0.354 e. The molecule has 1 atom stereocenters. The molecule has 5 heteroatoms. The number of amides is 2. The minimum Gasteiger partial charge on any atom is -0.354 e. The van der Waals surface area contributed by atoms with Gasteiger partial charge in [0.15, 0.2) is 0 Å². The van der Waals surface area contributed by atoms with Crippen LogP contribution >= 0.6 is 0 Å². The van der Waals surface area contributed by atoms with Crippen molar-refractivity contribution in [1.29, 1.82) is 0 Å². The molecule has 0 saturated carbocycles. The summed E-state index contributed by atoms with van der Waals surface area (Å²) in [6.07, 6.45) is 1.93. The third kappa shape index (κ3) is 3.79. The summed E-state index contributed by atoms with van der Waals surface area (Å²) in [5.41, 5.74) is 7.21. The molecule has 0 aromatic heterocycles. The van der Waals surface area contributed by atoms with Crippen LogP contribution in [0.15, 0.2) is 24.3 Å². The monoisotopic (exact) mass is 261 g/mol. The number of hydrogen-bond acceptors (Lipinski definition) is 3. The van der Waals surface area contributed by atoms with E-state index in [1.54, 1.807) is 6.07 Å². The zero-order valence-corrected chi connectivity index (χ0v) is 10.8. The first-order valence-electron chi connectivity index (χ1n) is 6.55. The molecule has 1 fully saturated rings. The van der Waals surface area contributed by atoms with Gasteiger partial charge in [0, 0.05) is 24.6 Å². The average Bonchev–Trinajstić information content (AvgIpc) is 2.42. The Labute approximate surface area is 112 Å². The molecule has 1 aliphatic heterocycles. The Hall–Kier alpha value is -1.88. The molecule has 0 spiro atoms. The molecule has 5 nitrogen and oxygen atoms in total. The topological polar surface area (TPSA) is 84.2 Å². The lowest BCUT2D eigenvalue weighted by Crippen LogP contribution is -2.47. The fourth-order valence-corrected chi connectivity index (χ4v) is 2.16. The van der Waals surface area contributed by atoms with Crippen LogP contribution in [-0.4, -0.2) is 30.9 Å². The van der Waals surface area contributed by atoms with E-state index in [1.807, 2.05) is 18.2 Å². The molecule has 0 aliphatic carbocycles. The second-order valence-electron chi connectivity index (χ2n) is 4.75. The normalized spacial score (nSPS) is 18.8. The molecule has 1 unspecified atom stereocenters. The number of carbonyl (C=O) groups is 2. The molecule has 1 aromatic rings. The average molecular weight is 261 g/mol. The number of piperidine rings is 1. The van der Waals surface area contributed by atoms with Crippen molar-refractivity contribution in [3.63, 3.8) is 0 Å². The van der Waals surface area contributed by atoms with Crippen LogP contribution in [-0.2, 0) is 11.2 Å². The van der Waals surface area contributed by atoms with Gasteiger partial charge in [-0.2, -0.15) is 0 Å². The predicted molar refractivity (Wildman–Crippen MR) is 72.7 cm³/mol. The summed E-state index contributed by atoms with van der Waals surface area (Å²) in [7, 11) is 0. The molecule has 0 bridgehead atoms. The minimum absolute atomic E-state index is 0.0170. The lowest BCUT2D eigenvalue weighted by molar-refractivity contribution is -0.122. The standard InChI is InChI=1S/C14H19N3O2/c15-7-6-10-2-1-3-11(8-10)14(19)17-12-4-5-13(18)16-9-12/h1-3,8,12H,4-7,9,15H2,(H,16,18)(H,17,19). The summed E-state index contributed by atoms with van der Waals surface area (Å²) in [6.45, 7) is 1.08. The third-order valence-electron chi connectivity index (χ3n) is 3.22. The van der Waals surface area contributed by atoms with Gasteiger partial charge in [0.1, 0.15) is 0 Å². The van der Waals surface area contributed by atoms with Crippen LogP contribution in [0.2, 0.25) is 0 Å². The van der Waals surface area contributed by atoms with Crippen molar-refractivity contribution in [1.82, 2.24) is 10.6 Å². The zero-order valence-electron chi connectivity index (χ0n) is 10.8. The van der Waals surface area contributed by atoms with Gasteiger partial charge in [0.25, 0.3) is 5.91 Å². The summed E-state index contributed by atoms with van der Waals surface area (Å²) >= 11 is 0. The van der Waals surface area contributed by atoms with E-state index >= 15 is 0 Å². The van der Waals surface area contributed by atoms with Gasteiger partial charge in [-0.3, -0.25) is 9.59 Å². The number of nitrogens with one attached hydrogen (secondary N) is 2. The highest BCUT2D eigenvalue weighted by Crippen LogP contribution is 2.08. The van der Waals surface area contributed by atoms with Crippen LogP contribution in [0.25, 0.3) is 0 Å². The second-order valence-corrected chi connectivity index (χ2v) is 4.75. The molecule has 1 aromatic carbocycles. The molecule has 19 heavy (non-hydrogen) atoms. The Morgan fingerprint density at radius 3 is 3.00 bits per heavy atom. The van der Waals surface area contributed by atoms with Crippen molar-refractivity contribution in [2.75, 3.05) is 13.1 Å². The SMILES string of the molecule is NCCc1cccc(C(=O)NC2CCC(=O)NC2)c1. The first-order valence-corrected chi connectivity index (χ1v) is 6.55. The first-order chi connectivity index (χ1) is 9.19. The number of benzene rings is 1. The van der Waals surface area contributed by atoms with E-state index in [-0.39, 0.29) is 17.9 Å². The number of rotatable bonds is 4. The van der Waals surface area contributed by atoms with Gasteiger partial charge in [0.2, 0.25) is 5.91 Å². The van der Waals surface area contributed by atoms with Crippen LogP contribution in [0, 0.1) is 0 Å². The molecule has 1 aliphatic rings.